The number of carbonyl (C=O) groups excluding carboxylic acids is 1. The van der Waals surface area contributed by atoms with Gasteiger partial charge in [-0.25, -0.2) is 4.79 Å². The van der Waals surface area contributed by atoms with Crippen molar-refractivity contribution in [1.82, 2.24) is 9.78 Å². The van der Waals surface area contributed by atoms with E-state index in [1.807, 2.05) is 24.3 Å². The van der Waals surface area contributed by atoms with Crippen LogP contribution in [0.1, 0.15) is 0 Å². The quantitative estimate of drug-likeness (QED) is 0.679. The topological polar surface area (TPSA) is 44.1 Å². The SMILES string of the molecule is Cn1nc(OC(=O)Cl)c2ccccc21. The number of halogens is 1. The first-order valence-electron chi connectivity index (χ1n) is 3.97. The van der Waals surface area contributed by atoms with Gasteiger partial charge in [0.1, 0.15) is 0 Å². The van der Waals surface area contributed by atoms with E-state index in [0.29, 0.717) is 0 Å². The molecule has 72 valence electrons. The Kier molecular flexibility index (Phi) is 2.13. The van der Waals surface area contributed by atoms with Crippen molar-refractivity contribution in [3.8, 4) is 5.88 Å². The van der Waals surface area contributed by atoms with Crippen molar-refractivity contribution in [3.05, 3.63) is 24.3 Å². The zero-order valence-corrected chi connectivity index (χ0v) is 8.15. The van der Waals surface area contributed by atoms with Gasteiger partial charge in [-0.05, 0) is 12.1 Å². The molecule has 1 aromatic heterocycles. The summed E-state index contributed by atoms with van der Waals surface area (Å²) in [7, 11) is 1.77. The zero-order chi connectivity index (χ0) is 10.1. The van der Waals surface area contributed by atoms with Crippen LogP contribution in [0.4, 0.5) is 4.79 Å². The monoisotopic (exact) mass is 210 g/mol. The second-order valence-electron chi connectivity index (χ2n) is 2.79. The standard InChI is InChI=1S/C9H7ClN2O2/c1-12-7-5-3-2-4-6(7)8(11-12)14-9(10)13/h2-5H,1H3. The second kappa shape index (κ2) is 3.31. The van der Waals surface area contributed by atoms with E-state index in [9.17, 15) is 4.79 Å². The van der Waals surface area contributed by atoms with E-state index < -0.39 is 5.43 Å². The number of para-hydroxylation sites is 1. The molecular formula is C9H7ClN2O2. The van der Waals surface area contributed by atoms with Crippen LogP contribution >= 0.6 is 11.6 Å². The maximum Gasteiger partial charge on any atom is 0.410 e. The van der Waals surface area contributed by atoms with Crippen LogP contribution in [0.2, 0.25) is 0 Å². The molecule has 0 bridgehead atoms. The Morgan fingerprint density at radius 2 is 2.21 bits per heavy atom. The summed E-state index contributed by atoms with van der Waals surface area (Å²) >= 11 is 5.11. The van der Waals surface area contributed by atoms with Crippen LogP contribution in [-0.4, -0.2) is 15.2 Å². The molecule has 0 saturated carbocycles. The molecule has 0 fully saturated rings. The van der Waals surface area contributed by atoms with Crippen LogP contribution in [0.25, 0.3) is 10.9 Å². The van der Waals surface area contributed by atoms with Gasteiger partial charge < -0.3 is 4.74 Å². The minimum Gasteiger partial charge on any atom is -0.393 e. The van der Waals surface area contributed by atoms with Gasteiger partial charge in [-0.1, -0.05) is 12.1 Å². The molecule has 0 amide bonds. The van der Waals surface area contributed by atoms with Gasteiger partial charge in [0.2, 0.25) is 0 Å². The largest absolute Gasteiger partial charge is 0.410 e. The number of nitrogens with zero attached hydrogens (tertiary/aromatic N) is 2. The number of fused-ring (bicyclic) bond motifs is 1. The summed E-state index contributed by atoms with van der Waals surface area (Å²) in [5, 5.41) is 4.79. The van der Waals surface area contributed by atoms with Crippen LogP contribution < -0.4 is 4.74 Å². The maximum absolute atomic E-state index is 10.6. The molecule has 0 N–H and O–H groups in total. The Labute approximate surface area is 85.0 Å². The Morgan fingerprint density at radius 3 is 2.93 bits per heavy atom. The predicted octanol–water partition coefficient (Wildman–Crippen LogP) is 2.31. The van der Waals surface area contributed by atoms with Crippen molar-refractivity contribution < 1.29 is 9.53 Å². The Balaban J connectivity index is 2.60. The van der Waals surface area contributed by atoms with Gasteiger partial charge >= 0.3 is 5.43 Å². The van der Waals surface area contributed by atoms with Gasteiger partial charge in [0, 0.05) is 18.6 Å². The first kappa shape index (κ1) is 9.02. The van der Waals surface area contributed by atoms with E-state index in [0.717, 1.165) is 10.9 Å². The Bertz CT molecular complexity index is 493. The Hall–Kier alpha value is -1.55. The summed E-state index contributed by atoms with van der Waals surface area (Å²) in [6.07, 6.45) is 0. The molecule has 2 rings (SSSR count). The van der Waals surface area contributed by atoms with Gasteiger partial charge in [-0.15, -0.1) is 5.10 Å². The molecule has 14 heavy (non-hydrogen) atoms. The molecule has 0 aliphatic carbocycles. The van der Waals surface area contributed by atoms with Crippen LogP contribution in [0, 0.1) is 0 Å². The van der Waals surface area contributed by atoms with Crippen molar-refractivity contribution >= 4 is 27.9 Å². The lowest BCUT2D eigenvalue weighted by molar-refractivity contribution is 0.224. The number of hydrogen-bond donors (Lipinski definition) is 0. The summed E-state index contributed by atoms with van der Waals surface area (Å²) in [6, 6.07) is 7.43. The van der Waals surface area contributed by atoms with Crippen molar-refractivity contribution in [2.75, 3.05) is 0 Å². The highest BCUT2D eigenvalue weighted by molar-refractivity contribution is 6.61. The molecule has 0 unspecified atom stereocenters. The Morgan fingerprint density at radius 1 is 1.50 bits per heavy atom. The van der Waals surface area contributed by atoms with E-state index in [2.05, 4.69) is 5.10 Å². The normalized spacial score (nSPS) is 10.4. The van der Waals surface area contributed by atoms with E-state index in [-0.39, 0.29) is 5.88 Å². The van der Waals surface area contributed by atoms with E-state index in [1.54, 1.807) is 11.7 Å². The maximum atomic E-state index is 10.6. The summed E-state index contributed by atoms with van der Waals surface area (Å²) in [5.74, 6) is 0.239. The van der Waals surface area contributed by atoms with Crippen molar-refractivity contribution in [3.63, 3.8) is 0 Å². The molecule has 0 saturated heterocycles. The van der Waals surface area contributed by atoms with E-state index >= 15 is 0 Å². The van der Waals surface area contributed by atoms with Gasteiger partial charge in [-0.3, -0.25) is 4.68 Å². The molecule has 0 atom stereocenters. The molecule has 4 nitrogen and oxygen atoms in total. The van der Waals surface area contributed by atoms with Gasteiger partial charge in [-0.2, -0.15) is 0 Å². The smallest absolute Gasteiger partial charge is 0.393 e. The molecule has 2 aromatic rings. The van der Waals surface area contributed by atoms with Crippen molar-refractivity contribution in [2.45, 2.75) is 0 Å². The predicted molar refractivity (Wildman–Crippen MR) is 52.6 cm³/mol. The van der Waals surface area contributed by atoms with Crippen molar-refractivity contribution in [2.24, 2.45) is 7.05 Å². The molecule has 0 aliphatic rings. The van der Waals surface area contributed by atoms with Crippen LogP contribution in [-0.2, 0) is 7.05 Å². The third-order valence-electron chi connectivity index (χ3n) is 1.90. The molecule has 0 aliphatic heterocycles. The average Bonchev–Trinajstić information content (AvgIpc) is 2.44. The lowest BCUT2D eigenvalue weighted by atomic mass is 10.2. The van der Waals surface area contributed by atoms with E-state index in [4.69, 9.17) is 16.3 Å². The van der Waals surface area contributed by atoms with Gasteiger partial charge in [0.25, 0.3) is 5.88 Å². The van der Waals surface area contributed by atoms with Crippen LogP contribution in [0.3, 0.4) is 0 Å². The lowest BCUT2D eigenvalue weighted by Gasteiger charge is -1.92. The number of hydrogen-bond acceptors (Lipinski definition) is 3. The number of ether oxygens (including phenoxy) is 1. The van der Waals surface area contributed by atoms with Crippen LogP contribution in [0.15, 0.2) is 24.3 Å². The molecule has 1 heterocycles. The first-order chi connectivity index (χ1) is 6.68. The minimum absolute atomic E-state index is 0.239. The summed E-state index contributed by atoms with van der Waals surface area (Å²) in [4.78, 5) is 10.6. The highest BCUT2D eigenvalue weighted by atomic mass is 35.5. The van der Waals surface area contributed by atoms with Gasteiger partial charge in [0.15, 0.2) is 0 Å². The first-order valence-corrected chi connectivity index (χ1v) is 4.35. The highest BCUT2D eigenvalue weighted by Crippen LogP contribution is 2.24. The summed E-state index contributed by atoms with van der Waals surface area (Å²) < 4.78 is 6.37. The number of rotatable bonds is 1. The second-order valence-corrected chi connectivity index (χ2v) is 3.09. The molecule has 5 heteroatoms. The van der Waals surface area contributed by atoms with Crippen LogP contribution in [0.5, 0.6) is 5.88 Å². The summed E-state index contributed by atoms with van der Waals surface area (Å²) in [6.45, 7) is 0. The fourth-order valence-corrected chi connectivity index (χ4v) is 1.41. The zero-order valence-electron chi connectivity index (χ0n) is 7.40. The summed E-state index contributed by atoms with van der Waals surface area (Å²) in [5.41, 5.74) is 0.00858. The molecule has 0 radical (unpaired) electrons. The van der Waals surface area contributed by atoms with Crippen molar-refractivity contribution in [1.29, 1.82) is 0 Å². The van der Waals surface area contributed by atoms with E-state index in [1.165, 1.54) is 0 Å². The fourth-order valence-electron chi connectivity index (χ4n) is 1.33. The third-order valence-corrected chi connectivity index (χ3v) is 1.98. The number of aromatic nitrogens is 2. The third kappa shape index (κ3) is 1.44. The average molecular weight is 211 g/mol. The molecule has 0 spiro atoms. The highest BCUT2D eigenvalue weighted by Gasteiger charge is 2.10. The fraction of sp³-hybridized carbons (Fsp3) is 0.111. The number of benzene rings is 1. The lowest BCUT2D eigenvalue weighted by Crippen LogP contribution is -1.97. The number of carbonyl (C=O) groups is 1. The van der Waals surface area contributed by atoms with Gasteiger partial charge in [0.05, 0.1) is 10.9 Å². The molecule has 1 aromatic carbocycles. The number of aryl methyl sites for hydroxylation is 1. The minimum atomic E-state index is -0.881. The molecular weight excluding hydrogens is 204 g/mol.